The van der Waals surface area contributed by atoms with E-state index in [2.05, 4.69) is 72.8 Å². The maximum Gasteiger partial charge on any atom is 0.263 e. The largest absolute Gasteiger partial charge is 0.494 e. The quantitative estimate of drug-likeness (QED) is 0.0535. The Morgan fingerprint density at radius 3 is 2.39 bits per heavy atom. The van der Waals surface area contributed by atoms with Gasteiger partial charge in [-0.3, -0.25) is 43.7 Å². The van der Waals surface area contributed by atoms with Gasteiger partial charge >= 0.3 is 0 Å². The Labute approximate surface area is 415 Å². The van der Waals surface area contributed by atoms with Gasteiger partial charge in [-0.25, -0.2) is 9.97 Å². The molecule has 4 aliphatic heterocycles. The molecule has 10 rings (SSSR count). The van der Waals surface area contributed by atoms with E-state index in [1.807, 2.05) is 18.3 Å². The van der Waals surface area contributed by atoms with Crippen LogP contribution < -0.4 is 25.8 Å². The number of imide groups is 1. The summed E-state index contributed by atoms with van der Waals surface area (Å²) in [5, 5.41) is 6.35. The number of unbranched alkanes of at least 4 members (excludes halogenated alkanes) is 3. The van der Waals surface area contributed by atoms with E-state index in [1.54, 1.807) is 22.6 Å². The lowest BCUT2D eigenvalue weighted by atomic mass is 9.87. The van der Waals surface area contributed by atoms with Gasteiger partial charge in [0.25, 0.3) is 11.5 Å². The molecule has 3 aromatic heterocycles. The molecular formula is C55H66N10O6. The number of anilines is 3. The number of benzene rings is 2. The standard InChI is InChI=1S/C55H66N10O6/c1-36-46-33-57-55(60-51(46)65(42-11-5-6-12-42)54(70)50(36)37(2)66)58-48-18-15-43(32-56-48)63-27-25-61(26-28-63)22-7-3-4-8-29-71-44-13-9-10-38(30-44)34-62-23-20-39(21-24-62)40-14-16-45-41(31-40)35-64(53(45)69)47-17-19-49(67)59-52(47)68/h9-10,13-16,18,30-33,39,42,47H,3-8,11-12,17,19-29,34-35H2,1-2H3,(H,59,67,68)(H,56,57,58,60). The average Bonchev–Trinajstić information content (AvgIpc) is 4.02. The lowest BCUT2D eigenvalue weighted by molar-refractivity contribution is -0.136. The van der Waals surface area contributed by atoms with Crippen LogP contribution in [-0.2, 0) is 22.7 Å². The van der Waals surface area contributed by atoms with Crippen LogP contribution in [0, 0.1) is 6.92 Å². The summed E-state index contributed by atoms with van der Waals surface area (Å²) >= 11 is 0. The number of rotatable bonds is 17. The molecule has 0 spiro atoms. The molecule has 71 heavy (non-hydrogen) atoms. The number of aromatic nitrogens is 4. The van der Waals surface area contributed by atoms with Crippen LogP contribution in [0.4, 0.5) is 17.5 Å². The molecule has 1 saturated carbocycles. The van der Waals surface area contributed by atoms with E-state index in [0.717, 1.165) is 126 Å². The Hall–Kier alpha value is -6.52. The molecule has 16 nitrogen and oxygen atoms in total. The van der Waals surface area contributed by atoms with Crippen molar-refractivity contribution in [3.63, 3.8) is 0 Å². The molecule has 1 aliphatic carbocycles. The fourth-order valence-corrected chi connectivity index (χ4v) is 11.5. The Bertz CT molecular complexity index is 2850. The van der Waals surface area contributed by atoms with Crippen molar-refractivity contribution in [2.24, 2.45) is 0 Å². The first-order valence-corrected chi connectivity index (χ1v) is 25.9. The summed E-state index contributed by atoms with van der Waals surface area (Å²) in [4.78, 5) is 86.6. The maximum absolute atomic E-state index is 13.6. The third-order valence-electron chi connectivity index (χ3n) is 15.5. The van der Waals surface area contributed by atoms with E-state index in [-0.39, 0.29) is 47.1 Å². The van der Waals surface area contributed by atoms with Gasteiger partial charge in [0.2, 0.25) is 17.8 Å². The monoisotopic (exact) mass is 963 g/mol. The SMILES string of the molecule is CC(=O)c1c(C)c2cnc(Nc3ccc(N4CCN(CCCCCCOc5cccc(CN6CCC(c7ccc8c(c7)CN(C7CCC(=O)NC7=O)C8=O)CC6)c5)CC4)cn3)nc2n(C2CCCC2)c1=O. The van der Waals surface area contributed by atoms with Gasteiger partial charge in [0, 0.05) is 68.9 Å². The number of nitrogens with zero attached hydrogens (tertiary/aromatic N) is 8. The second-order valence-corrected chi connectivity index (χ2v) is 20.2. The van der Waals surface area contributed by atoms with Crippen LogP contribution >= 0.6 is 0 Å². The smallest absolute Gasteiger partial charge is 0.263 e. The van der Waals surface area contributed by atoms with Crippen LogP contribution in [-0.4, -0.2) is 116 Å². The van der Waals surface area contributed by atoms with Gasteiger partial charge < -0.3 is 19.9 Å². The predicted molar refractivity (Wildman–Crippen MR) is 272 cm³/mol. The lowest BCUT2D eigenvalue weighted by Crippen LogP contribution is -2.52. The van der Waals surface area contributed by atoms with Crippen LogP contribution in [0.1, 0.15) is 139 Å². The number of piperidine rings is 2. The van der Waals surface area contributed by atoms with Crippen molar-refractivity contribution in [1.29, 1.82) is 0 Å². The number of ether oxygens (including phenoxy) is 1. The molecule has 372 valence electrons. The van der Waals surface area contributed by atoms with E-state index in [1.165, 1.54) is 30.9 Å². The average molecular weight is 963 g/mol. The fraction of sp³-hybridized carbons (Fsp3) is 0.491. The zero-order valence-corrected chi connectivity index (χ0v) is 41.2. The summed E-state index contributed by atoms with van der Waals surface area (Å²) in [5.41, 5.74) is 6.40. The highest BCUT2D eigenvalue weighted by Crippen LogP contribution is 2.35. The van der Waals surface area contributed by atoms with Crippen molar-refractivity contribution < 1.29 is 23.9 Å². The minimum Gasteiger partial charge on any atom is -0.494 e. The number of pyridine rings is 2. The normalized spacial score (nSPS) is 19.4. The number of ketones is 1. The van der Waals surface area contributed by atoms with Gasteiger partial charge in [-0.2, -0.15) is 4.98 Å². The van der Waals surface area contributed by atoms with Crippen LogP contribution in [0.25, 0.3) is 11.0 Å². The number of Topliss-reactive ketones (excluding diaryl/α,β-unsaturated/α-hetero) is 1. The highest BCUT2D eigenvalue weighted by atomic mass is 16.5. The lowest BCUT2D eigenvalue weighted by Gasteiger charge is -2.36. The summed E-state index contributed by atoms with van der Waals surface area (Å²) in [5.74, 6) is 1.35. The number of fused-ring (bicyclic) bond motifs is 2. The zero-order chi connectivity index (χ0) is 49.0. The molecular weight excluding hydrogens is 897 g/mol. The summed E-state index contributed by atoms with van der Waals surface area (Å²) < 4.78 is 7.95. The molecule has 2 aromatic carbocycles. The van der Waals surface area contributed by atoms with Crippen molar-refractivity contribution >= 4 is 52.0 Å². The Morgan fingerprint density at radius 2 is 1.63 bits per heavy atom. The van der Waals surface area contributed by atoms with Crippen LogP contribution in [0.2, 0.25) is 0 Å². The third kappa shape index (κ3) is 10.7. The number of carbonyl (C=O) groups is 4. The number of hydrogen-bond acceptors (Lipinski definition) is 13. The minimum atomic E-state index is -0.591. The summed E-state index contributed by atoms with van der Waals surface area (Å²) in [6.07, 6.45) is 14.8. The van der Waals surface area contributed by atoms with Gasteiger partial charge in [0.15, 0.2) is 5.78 Å². The molecule has 2 N–H and O–H groups in total. The number of likely N-dealkylation sites (tertiary alicyclic amines) is 1. The number of hydrogen-bond donors (Lipinski definition) is 2. The van der Waals surface area contributed by atoms with Gasteiger partial charge in [0.05, 0.1) is 24.1 Å². The van der Waals surface area contributed by atoms with Crippen LogP contribution in [0.3, 0.4) is 0 Å². The molecule has 1 unspecified atom stereocenters. The van der Waals surface area contributed by atoms with Gasteiger partial charge in [-0.05, 0) is 137 Å². The first-order valence-electron chi connectivity index (χ1n) is 25.9. The molecule has 7 heterocycles. The zero-order valence-electron chi connectivity index (χ0n) is 41.2. The van der Waals surface area contributed by atoms with E-state index < -0.39 is 6.04 Å². The molecule has 3 saturated heterocycles. The third-order valence-corrected chi connectivity index (χ3v) is 15.5. The Kier molecular flexibility index (Phi) is 14.5. The number of aryl methyl sites for hydroxylation is 1. The van der Waals surface area contributed by atoms with Crippen molar-refractivity contribution in [2.75, 3.05) is 62.6 Å². The van der Waals surface area contributed by atoms with Crippen molar-refractivity contribution in [3.05, 3.63) is 111 Å². The molecule has 5 aliphatic rings. The van der Waals surface area contributed by atoms with Crippen molar-refractivity contribution in [2.45, 2.75) is 122 Å². The van der Waals surface area contributed by atoms with Crippen molar-refractivity contribution in [1.82, 2.24) is 39.5 Å². The van der Waals surface area contributed by atoms with Gasteiger partial charge in [-0.1, -0.05) is 49.9 Å². The summed E-state index contributed by atoms with van der Waals surface area (Å²) in [6.45, 7) is 12.3. The van der Waals surface area contributed by atoms with E-state index in [0.29, 0.717) is 54.0 Å². The second kappa shape index (κ2) is 21.5. The first-order chi connectivity index (χ1) is 34.6. The number of carbonyl (C=O) groups excluding carboxylic acids is 4. The fourth-order valence-electron chi connectivity index (χ4n) is 11.5. The molecule has 1 atom stereocenters. The topological polar surface area (TPSA) is 175 Å². The number of nitrogens with one attached hydrogen (secondary N) is 2. The molecule has 0 radical (unpaired) electrons. The van der Waals surface area contributed by atoms with E-state index >= 15 is 0 Å². The molecule has 5 aromatic rings. The molecule has 0 bridgehead atoms. The molecule has 4 fully saturated rings. The Morgan fingerprint density at radius 1 is 0.831 bits per heavy atom. The van der Waals surface area contributed by atoms with Crippen LogP contribution in [0.5, 0.6) is 5.75 Å². The summed E-state index contributed by atoms with van der Waals surface area (Å²) in [6, 6.07) is 18.2. The van der Waals surface area contributed by atoms with E-state index in [9.17, 15) is 24.0 Å². The minimum absolute atomic E-state index is 0.0216. The number of piperazine rings is 1. The van der Waals surface area contributed by atoms with Crippen LogP contribution in [0.15, 0.2) is 71.8 Å². The van der Waals surface area contributed by atoms with Crippen molar-refractivity contribution in [3.8, 4) is 5.75 Å². The highest BCUT2D eigenvalue weighted by molar-refractivity contribution is 6.05. The molecule has 3 amide bonds. The summed E-state index contributed by atoms with van der Waals surface area (Å²) in [7, 11) is 0. The van der Waals surface area contributed by atoms with Gasteiger partial charge in [0.1, 0.15) is 23.3 Å². The second-order valence-electron chi connectivity index (χ2n) is 20.2. The first kappa shape index (κ1) is 48.1. The Balaban J connectivity index is 0.611. The van der Waals surface area contributed by atoms with E-state index in [4.69, 9.17) is 14.7 Å². The molecule has 16 heteroatoms. The van der Waals surface area contributed by atoms with Gasteiger partial charge in [-0.15, -0.1) is 0 Å². The highest BCUT2D eigenvalue weighted by Gasteiger charge is 2.39. The predicted octanol–water partition coefficient (Wildman–Crippen LogP) is 7.46. The number of amides is 3. The maximum atomic E-state index is 13.6.